The van der Waals surface area contributed by atoms with Crippen molar-refractivity contribution in [1.82, 2.24) is 0 Å². The van der Waals surface area contributed by atoms with Crippen LogP contribution in [0.2, 0.25) is 0 Å². The van der Waals surface area contributed by atoms with E-state index in [1.807, 2.05) is 0 Å². The highest BCUT2D eigenvalue weighted by molar-refractivity contribution is 7.17. The van der Waals surface area contributed by atoms with Gasteiger partial charge in [-0.2, -0.15) is 0 Å². The Bertz CT molecular complexity index is 680. The Kier molecular flexibility index (Phi) is 3.71. The van der Waals surface area contributed by atoms with Crippen LogP contribution in [-0.4, -0.2) is 15.8 Å². The van der Waals surface area contributed by atoms with Crippen LogP contribution < -0.4 is 5.32 Å². The van der Waals surface area contributed by atoms with E-state index in [1.54, 1.807) is 0 Å². The average Bonchev–Trinajstić information content (AvgIpc) is 2.89. The second-order valence-corrected chi connectivity index (χ2v) is 4.72. The van der Waals surface area contributed by atoms with E-state index >= 15 is 0 Å². The molecule has 0 aliphatic heterocycles. The maximum absolute atomic E-state index is 11.8. The van der Waals surface area contributed by atoms with Crippen LogP contribution in [0.4, 0.5) is 16.4 Å². The fourth-order valence-electron chi connectivity index (χ4n) is 1.41. The van der Waals surface area contributed by atoms with E-state index in [-0.39, 0.29) is 15.6 Å². The summed E-state index contributed by atoms with van der Waals surface area (Å²) in [6, 6.07) is 7.88. The summed E-state index contributed by atoms with van der Waals surface area (Å²) < 4.78 is 0. The van der Waals surface area contributed by atoms with Gasteiger partial charge in [-0.1, -0.05) is 11.3 Å². The molecule has 2 aromatic rings. The molecule has 1 N–H and O–H groups in total. The molecule has 1 aromatic heterocycles. The molecule has 1 heterocycles. The number of hydrogen-bond donors (Lipinski definition) is 1. The first-order valence-electron chi connectivity index (χ1n) is 5.27. The van der Waals surface area contributed by atoms with Gasteiger partial charge in [0.15, 0.2) is 0 Å². The summed E-state index contributed by atoms with van der Waals surface area (Å²) in [5, 5.41) is 23.4. The number of rotatable bonds is 4. The number of nitrogens with zero attached hydrogens (tertiary/aromatic N) is 2. The highest BCUT2D eigenvalue weighted by Gasteiger charge is 2.15. The van der Waals surface area contributed by atoms with E-state index in [1.165, 1.54) is 36.4 Å². The normalized spacial score (nSPS) is 10.0. The monoisotopic (exact) mass is 293 g/mol. The molecular formula is C11H7N3O5S. The lowest BCUT2D eigenvalue weighted by Gasteiger charge is -2.02. The minimum absolute atomic E-state index is 0.0882. The topological polar surface area (TPSA) is 115 Å². The zero-order valence-corrected chi connectivity index (χ0v) is 10.6. The predicted octanol–water partition coefficient (Wildman–Crippen LogP) is 2.82. The van der Waals surface area contributed by atoms with Gasteiger partial charge in [-0.25, -0.2) is 0 Å². The second-order valence-electron chi connectivity index (χ2n) is 3.65. The number of benzene rings is 1. The quantitative estimate of drug-likeness (QED) is 0.687. The van der Waals surface area contributed by atoms with Gasteiger partial charge in [0.2, 0.25) is 0 Å². The van der Waals surface area contributed by atoms with Crippen molar-refractivity contribution in [3.8, 4) is 0 Å². The number of nitrogens with one attached hydrogen (secondary N) is 1. The fraction of sp³-hybridized carbons (Fsp3) is 0. The highest BCUT2D eigenvalue weighted by atomic mass is 32.1. The Labute approximate surface area is 116 Å². The van der Waals surface area contributed by atoms with Gasteiger partial charge in [0.25, 0.3) is 11.6 Å². The summed E-state index contributed by atoms with van der Waals surface area (Å²) >= 11 is 0.757. The standard InChI is InChI=1S/C11H7N3O5S/c15-11(9-5-6-10(20-9)14(18)19)12-7-1-3-8(4-2-7)13(16)17/h1-6H,(H,12,15). The molecule has 1 amide bonds. The first-order chi connectivity index (χ1) is 9.47. The van der Waals surface area contributed by atoms with Crippen molar-refractivity contribution in [3.63, 3.8) is 0 Å². The molecule has 0 aliphatic rings. The molecule has 0 spiro atoms. The van der Waals surface area contributed by atoms with Gasteiger partial charge in [-0.05, 0) is 18.2 Å². The molecule has 102 valence electrons. The maximum Gasteiger partial charge on any atom is 0.324 e. The van der Waals surface area contributed by atoms with Gasteiger partial charge in [0.1, 0.15) is 0 Å². The highest BCUT2D eigenvalue weighted by Crippen LogP contribution is 2.25. The second kappa shape index (κ2) is 5.45. The Hall–Kier alpha value is -2.81. The summed E-state index contributed by atoms with van der Waals surface area (Å²) in [5.41, 5.74) is 0.284. The number of hydrogen-bond acceptors (Lipinski definition) is 6. The van der Waals surface area contributed by atoms with Crippen LogP contribution in [0.15, 0.2) is 36.4 Å². The van der Waals surface area contributed by atoms with E-state index in [0.29, 0.717) is 5.69 Å². The Morgan fingerprint density at radius 1 is 1.00 bits per heavy atom. The molecule has 8 nitrogen and oxygen atoms in total. The lowest BCUT2D eigenvalue weighted by Crippen LogP contribution is -2.09. The zero-order valence-electron chi connectivity index (χ0n) is 9.81. The molecule has 2 rings (SSSR count). The number of non-ortho nitro benzene ring substituents is 1. The van der Waals surface area contributed by atoms with Gasteiger partial charge in [0.05, 0.1) is 14.7 Å². The first-order valence-corrected chi connectivity index (χ1v) is 6.09. The van der Waals surface area contributed by atoms with Crippen molar-refractivity contribution < 1.29 is 14.6 Å². The number of nitro groups is 2. The van der Waals surface area contributed by atoms with Crippen molar-refractivity contribution in [3.05, 3.63) is 61.5 Å². The van der Waals surface area contributed by atoms with Gasteiger partial charge in [-0.15, -0.1) is 0 Å². The van der Waals surface area contributed by atoms with E-state index < -0.39 is 15.8 Å². The van der Waals surface area contributed by atoms with E-state index in [9.17, 15) is 25.0 Å². The average molecular weight is 293 g/mol. The summed E-state index contributed by atoms with van der Waals surface area (Å²) in [5.74, 6) is -0.503. The van der Waals surface area contributed by atoms with Crippen LogP contribution in [0.5, 0.6) is 0 Å². The lowest BCUT2D eigenvalue weighted by molar-refractivity contribution is -0.384. The third-order valence-corrected chi connectivity index (χ3v) is 3.37. The van der Waals surface area contributed by atoms with Crippen molar-refractivity contribution in [2.75, 3.05) is 5.32 Å². The van der Waals surface area contributed by atoms with Crippen molar-refractivity contribution in [2.24, 2.45) is 0 Å². The first kappa shape index (κ1) is 13.6. The summed E-state index contributed by atoms with van der Waals surface area (Å²) in [7, 11) is 0. The molecule has 20 heavy (non-hydrogen) atoms. The van der Waals surface area contributed by atoms with Crippen LogP contribution >= 0.6 is 11.3 Å². The van der Waals surface area contributed by atoms with E-state index in [0.717, 1.165) is 11.3 Å². The molecule has 1 aromatic carbocycles. The molecule has 0 aliphatic carbocycles. The number of carbonyl (C=O) groups excluding carboxylic acids is 1. The van der Waals surface area contributed by atoms with Crippen LogP contribution in [0.3, 0.4) is 0 Å². The Balaban J connectivity index is 2.10. The molecule has 0 atom stereocenters. The molecule has 0 bridgehead atoms. The van der Waals surface area contributed by atoms with Crippen LogP contribution in [0.1, 0.15) is 9.67 Å². The molecule has 0 unspecified atom stereocenters. The minimum Gasteiger partial charge on any atom is -0.321 e. The number of carbonyl (C=O) groups is 1. The Morgan fingerprint density at radius 2 is 1.65 bits per heavy atom. The van der Waals surface area contributed by atoms with Gasteiger partial charge in [-0.3, -0.25) is 25.0 Å². The molecule has 9 heteroatoms. The number of anilines is 1. The van der Waals surface area contributed by atoms with E-state index in [4.69, 9.17) is 0 Å². The predicted molar refractivity (Wildman–Crippen MR) is 72.0 cm³/mol. The largest absolute Gasteiger partial charge is 0.324 e. The number of nitro benzene ring substituents is 1. The third-order valence-electron chi connectivity index (χ3n) is 2.33. The van der Waals surface area contributed by atoms with Crippen molar-refractivity contribution >= 4 is 33.6 Å². The van der Waals surface area contributed by atoms with Gasteiger partial charge in [0, 0.05) is 23.9 Å². The third kappa shape index (κ3) is 2.95. The van der Waals surface area contributed by atoms with Crippen LogP contribution in [0, 0.1) is 20.2 Å². The maximum atomic E-state index is 11.8. The Morgan fingerprint density at radius 3 is 2.15 bits per heavy atom. The summed E-state index contributed by atoms with van der Waals surface area (Å²) in [6.07, 6.45) is 0. The van der Waals surface area contributed by atoms with Crippen molar-refractivity contribution in [1.29, 1.82) is 0 Å². The zero-order chi connectivity index (χ0) is 14.7. The van der Waals surface area contributed by atoms with E-state index in [2.05, 4.69) is 5.32 Å². The van der Waals surface area contributed by atoms with Gasteiger partial charge < -0.3 is 5.32 Å². The smallest absolute Gasteiger partial charge is 0.321 e. The molecule has 0 radical (unpaired) electrons. The van der Waals surface area contributed by atoms with Crippen LogP contribution in [0.25, 0.3) is 0 Å². The molecular weight excluding hydrogens is 286 g/mol. The van der Waals surface area contributed by atoms with Crippen LogP contribution in [-0.2, 0) is 0 Å². The minimum atomic E-state index is -0.576. The van der Waals surface area contributed by atoms with Crippen molar-refractivity contribution in [2.45, 2.75) is 0 Å². The fourth-order valence-corrected chi connectivity index (χ4v) is 2.12. The summed E-state index contributed by atoms with van der Waals surface area (Å²) in [6.45, 7) is 0. The lowest BCUT2D eigenvalue weighted by atomic mass is 10.3. The number of amides is 1. The number of thiophene rings is 1. The molecule has 0 saturated carbocycles. The molecule has 0 fully saturated rings. The van der Waals surface area contributed by atoms with Gasteiger partial charge >= 0.3 is 5.00 Å². The SMILES string of the molecule is O=C(Nc1ccc([N+](=O)[O-])cc1)c1ccc([N+](=O)[O-])s1. The summed E-state index contributed by atoms with van der Waals surface area (Å²) in [4.78, 5) is 31.9. The molecule has 0 saturated heterocycles.